The van der Waals surface area contributed by atoms with Crippen LogP contribution in [0.4, 0.5) is 0 Å². The van der Waals surface area contributed by atoms with Crippen LogP contribution in [0.1, 0.15) is 53.4 Å². The molecule has 3 heteroatoms. The van der Waals surface area contributed by atoms with E-state index in [9.17, 15) is 4.79 Å². The second kappa shape index (κ2) is 6.10. The van der Waals surface area contributed by atoms with Crippen LogP contribution < -0.4 is 0 Å². The van der Waals surface area contributed by atoms with E-state index in [2.05, 4.69) is 50.7 Å². The number of likely N-dealkylation sites (tertiary alicyclic amines) is 2. The quantitative estimate of drug-likeness (QED) is 0.789. The molecule has 0 aromatic carbocycles. The van der Waals surface area contributed by atoms with Crippen LogP contribution in [0, 0.1) is 10.8 Å². The second-order valence-electron chi connectivity index (χ2n) is 8.51. The van der Waals surface area contributed by atoms with Gasteiger partial charge < -0.3 is 9.80 Å². The van der Waals surface area contributed by atoms with Crippen molar-refractivity contribution in [3.05, 3.63) is 25.6 Å². The van der Waals surface area contributed by atoms with Crippen LogP contribution in [0.2, 0.25) is 0 Å². The van der Waals surface area contributed by atoms with E-state index in [-0.39, 0.29) is 22.9 Å². The molecule has 2 aliphatic rings. The van der Waals surface area contributed by atoms with Gasteiger partial charge in [0.05, 0.1) is 12.1 Å². The maximum absolute atomic E-state index is 13.3. The van der Waals surface area contributed by atoms with Crippen LogP contribution >= 0.6 is 0 Å². The molecule has 2 rings (SSSR count). The average molecular weight is 304 g/mol. The third kappa shape index (κ3) is 3.56. The van der Waals surface area contributed by atoms with Gasteiger partial charge >= 0.3 is 0 Å². The zero-order valence-electron chi connectivity index (χ0n) is 14.8. The molecule has 0 N–H and O–H groups in total. The number of hydrogen-bond acceptors (Lipinski definition) is 3. The van der Waals surface area contributed by atoms with Crippen molar-refractivity contribution >= 4 is 5.78 Å². The highest BCUT2D eigenvalue weighted by Crippen LogP contribution is 2.38. The highest BCUT2D eigenvalue weighted by atomic mass is 16.1. The smallest absolute Gasteiger partial charge is 0.177 e. The molecule has 3 nitrogen and oxygen atoms in total. The zero-order chi connectivity index (χ0) is 16.5. The van der Waals surface area contributed by atoms with Gasteiger partial charge in [-0.2, -0.15) is 0 Å². The molecular weight excluding hydrogens is 272 g/mol. The Balaban J connectivity index is 2.22. The molecule has 0 bridgehead atoms. The van der Waals surface area contributed by atoms with E-state index >= 15 is 0 Å². The number of piperidine rings is 2. The molecule has 22 heavy (non-hydrogen) atoms. The number of nitrogens with zero attached hydrogens (tertiary/aromatic N) is 2. The van der Waals surface area contributed by atoms with Crippen molar-refractivity contribution in [3.8, 4) is 0 Å². The van der Waals surface area contributed by atoms with Gasteiger partial charge in [-0.05, 0) is 48.9 Å². The summed E-state index contributed by atoms with van der Waals surface area (Å²) in [6, 6.07) is -0.0785. The third-order valence-electron chi connectivity index (χ3n) is 5.51. The van der Waals surface area contributed by atoms with Crippen LogP contribution in [0.5, 0.6) is 0 Å². The number of carbonyl (C=O) groups excluding carboxylic acids is 1. The number of rotatable bonds is 4. The number of carbonyl (C=O) groups is 1. The Morgan fingerprint density at radius 2 is 1.27 bits per heavy atom. The normalized spacial score (nSPS) is 30.7. The largest absolute Gasteiger partial charge is 0.368 e. The Labute approximate surface area is 136 Å². The minimum Gasteiger partial charge on any atom is -0.368 e. The molecule has 2 atom stereocenters. The van der Waals surface area contributed by atoms with Crippen molar-refractivity contribution in [2.75, 3.05) is 13.1 Å². The fraction of sp³-hybridized carbons (Fsp3) is 0.737. The lowest BCUT2D eigenvalue weighted by Crippen LogP contribution is -2.55. The first-order chi connectivity index (χ1) is 10.2. The van der Waals surface area contributed by atoms with Crippen molar-refractivity contribution in [1.29, 1.82) is 0 Å². The Kier molecular flexibility index (Phi) is 4.74. The fourth-order valence-corrected chi connectivity index (χ4v) is 3.85. The number of ketones is 1. The van der Waals surface area contributed by atoms with E-state index in [0.717, 1.165) is 38.8 Å². The van der Waals surface area contributed by atoms with Gasteiger partial charge in [-0.3, -0.25) is 4.79 Å². The fourth-order valence-electron chi connectivity index (χ4n) is 3.85. The third-order valence-corrected chi connectivity index (χ3v) is 5.51. The van der Waals surface area contributed by atoms with Gasteiger partial charge in [0.2, 0.25) is 0 Å². The monoisotopic (exact) mass is 304 g/mol. The maximum Gasteiger partial charge on any atom is 0.177 e. The predicted octanol–water partition coefficient (Wildman–Crippen LogP) is 3.82. The second-order valence-corrected chi connectivity index (χ2v) is 8.51. The molecule has 2 fully saturated rings. The molecule has 0 radical (unpaired) electrons. The summed E-state index contributed by atoms with van der Waals surface area (Å²) in [5, 5.41) is 0. The molecule has 124 valence electrons. The molecule has 0 spiro atoms. The molecule has 2 aliphatic heterocycles. The lowest BCUT2D eigenvalue weighted by Gasteiger charge is -2.47. The van der Waals surface area contributed by atoms with E-state index in [1.165, 1.54) is 0 Å². The van der Waals surface area contributed by atoms with Gasteiger partial charge in [-0.15, -0.1) is 0 Å². The molecular formula is C19H32N2O. The van der Waals surface area contributed by atoms with Gasteiger partial charge in [0.1, 0.15) is 0 Å². The SMILES string of the molecule is C=CN1CCC(C)(C)CC1C(=O)C1CC(C)(C)CCN1C=C. The molecule has 2 saturated heterocycles. The highest BCUT2D eigenvalue weighted by Gasteiger charge is 2.43. The lowest BCUT2D eigenvalue weighted by atomic mass is 9.73. The van der Waals surface area contributed by atoms with Gasteiger partial charge in [-0.25, -0.2) is 0 Å². The minimum atomic E-state index is -0.0393. The van der Waals surface area contributed by atoms with Crippen LogP contribution in [-0.4, -0.2) is 40.8 Å². The topological polar surface area (TPSA) is 23.6 Å². The van der Waals surface area contributed by atoms with Gasteiger partial charge in [-0.1, -0.05) is 40.9 Å². The van der Waals surface area contributed by atoms with Crippen LogP contribution in [-0.2, 0) is 4.79 Å². The van der Waals surface area contributed by atoms with Crippen molar-refractivity contribution in [3.63, 3.8) is 0 Å². The summed E-state index contributed by atoms with van der Waals surface area (Å²) >= 11 is 0. The summed E-state index contributed by atoms with van der Waals surface area (Å²) in [5.74, 6) is 0.348. The molecule has 2 unspecified atom stereocenters. The average Bonchev–Trinajstić information content (AvgIpc) is 2.45. The maximum atomic E-state index is 13.3. The van der Waals surface area contributed by atoms with E-state index in [1.807, 2.05) is 12.4 Å². The van der Waals surface area contributed by atoms with Crippen molar-refractivity contribution in [2.24, 2.45) is 10.8 Å². The van der Waals surface area contributed by atoms with Crippen molar-refractivity contribution in [2.45, 2.75) is 65.5 Å². The summed E-state index contributed by atoms with van der Waals surface area (Å²) in [5.41, 5.74) is 0.450. The molecule has 0 saturated carbocycles. The molecule has 0 aromatic heterocycles. The minimum absolute atomic E-state index is 0.0393. The van der Waals surface area contributed by atoms with Crippen LogP contribution in [0.3, 0.4) is 0 Å². The predicted molar refractivity (Wildman–Crippen MR) is 92.4 cm³/mol. The summed E-state index contributed by atoms with van der Waals surface area (Å²) in [6.45, 7) is 18.8. The van der Waals surface area contributed by atoms with Crippen molar-refractivity contribution in [1.82, 2.24) is 9.80 Å². The zero-order valence-corrected chi connectivity index (χ0v) is 14.8. The first-order valence-corrected chi connectivity index (χ1v) is 8.49. The van der Waals surface area contributed by atoms with Crippen LogP contribution in [0.15, 0.2) is 25.6 Å². The molecule has 0 amide bonds. The van der Waals surface area contributed by atoms with Crippen LogP contribution in [0.25, 0.3) is 0 Å². The number of hydrogen-bond donors (Lipinski definition) is 0. The van der Waals surface area contributed by atoms with Gasteiger partial charge in [0.15, 0.2) is 5.78 Å². The van der Waals surface area contributed by atoms with Gasteiger partial charge in [0, 0.05) is 13.1 Å². The first-order valence-electron chi connectivity index (χ1n) is 8.49. The van der Waals surface area contributed by atoms with E-state index in [4.69, 9.17) is 0 Å². The summed E-state index contributed by atoms with van der Waals surface area (Å²) in [6.07, 6.45) is 7.77. The summed E-state index contributed by atoms with van der Waals surface area (Å²) < 4.78 is 0. The highest BCUT2D eigenvalue weighted by molar-refractivity contribution is 5.89. The summed E-state index contributed by atoms with van der Waals surface area (Å²) in [7, 11) is 0. The molecule has 2 heterocycles. The molecule has 0 aliphatic carbocycles. The summed E-state index contributed by atoms with van der Waals surface area (Å²) in [4.78, 5) is 17.6. The Bertz CT molecular complexity index is 412. The standard InChI is InChI=1S/C19H32N2O/c1-7-20-11-9-18(3,4)13-15(20)17(22)16-14-19(5,6)10-12-21(16)8-2/h7-8,15-16H,1-2,9-14H2,3-6H3. The Hall–Kier alpha value is -1.25. The lowest BCUT2D eigenvalue weighted by molar-refractivity contribution is -0.133. The van der Waals surface area contributed by atoms with Gasteiger partial charge in [0.25, 0.3) is 0 Å². The molecule has 0 aromatic rings. The Morgan fingerprint density at radius 1 is 0.909 bits per heavy atom. The van der Waals surface area contributed by atoms with Crippen molar-refractivity contribution < 1.29 is 4.79 Å². The van der Waals surface area contributed by atoms with E-state index in [1.54, 1.807) is 0 Å². The first kappa shape index (κ1) is 17.1. The van der Waals surface area contributed by atoms with E-state index < -0.39 is 0 Å². The number of Topliss-reactive ketones (excluding diaryl/α,β-unsaturated/α-hetero) is 1. The Morgan fingerprint density at radius 3 is 1.59 bits per heavy atom. The van der Waals surface area contributed by atoms with E-state index in [0.29, 0.717) is 5.78 Å².